The first-order chi connectivity index (χ1) is 12.1. The summed E-state index contributed by atoms with van der Waals surface area (Å²) in [6.45, 7) is 1.84. The molecule has 138 valence electrons. The number of carbonyl (C=O) groups excluding carboxylic acids is 1. The molecule has 0 aliphatic carbocycles. The lowest BCUT2D eigenvalue weighted by Crippen LogP contribution is -2.37. The van der Waals surface area contributed by atoms with Crippen LogP contribution >= 0.6 is 12.4 Å². The van der Waals surface area contributed by atoms with Gasteiger partial charge in [0.2, 0.25) is 5.91 Å². The number of aromatic nitrogens is 2. The van der Waals surface area contributed by atoms with Crippen molar-refractivity contribution < 1.29 is 9.72 Å². The van der Waals surface area contributed by atoms with Gasteiger partial charge < -0.3 is 10.2 Å². The number of nitro groups is 1. The Labute approximate surface area is 156 Å². The monoisotopic (exact) mass is 377 g/mol. The molecule has 0 unspecified atom stereocenters. The van der Waals surface area contributed by atoms with Crippen LogP contribution in [0.15, 0.2) is 30.6 Å². The van der Waals surface area contributed by atoms with Crippen molar-refractivity contribution in [2.45, 2.75) is 12.3 Å². The zero-order chi connectivity index (χ0) is 17.6. The van der Waals surface area contributed by atoms with E-state index in [0.717, 1.165) is 12.1 Å². The maximum atomic E-state index is 13.2. The summed E-state index contributed by atoms with van der Waals surface area (Å²) in [4.78, 5) is 25.7. The molecule has 8 nitrogen and oxygen atoms in total. The van der Waals surface area contributed by atoms with Crippen molar-refractivity contribution in [2.24, 2.45) is 13.0 Å². The number of halogens is 1. The van der Waals surface area contributed by atoms with E-state index in [1.54, 1.807) is 27.9 Å². The van der Waals surface area contributed by atoms with Crippen LogP contribution in [0.25, 0.3) is 0 Å². The van der Waals surface area contributed by atoms with Crippen molar-refractivity contribution in [3.05, 3.63) is 51.8 Å². The summed E-state index contributed by atoms with van der Waals surface area (Å²) in [6, 6.07) is 4.95. The minimum Gasteiger partial charge on any atom is -0.315 e. The van der Waals surface area contributed by atoms with Crippen LogP contribution < -0.4 is 10.2 Å². The van der Waals surface area contributed by atoms with Crippen LogP contribution in [0.4, 0.5) is 11.4 Å². The summed E-state index contributed by atoms with van der Waals surface area (Å²) in [5, 5.41) is 18.7. The molecule has 26 heavy (non-hydrogen) atoms. The summed E-state index contributed by atoms with van der Waals surface area (Å²) in [7, 11) is 1.86. The van der Waals surface area contributed by atoms with Crippen LogP contribution in [0.1, 0.15) is 17.0 Å². The van der Waals surface area contributed by atoms with E-state index >= 15 is 0 Å². The number of anilines is 1. The van der Waals surface area contributed by atoms with Crippen molar-refractivity contribution in [2.75, 3.05) is 24.5 Å². The number of hydrogen-bond acceptors (Lipinski definition) is 5. The molecule has 1 aromatic heterocycles. The van der Waals surface area contributed by atoms with E-state index in [1.165, 1.54) is 6.07 Å². The summed E-state index contributed by atoms with van der Waals surface area (Å²) < 4.78 is 1.74. The molecular formula is C17H20ClN5O3. The van der Waals surface area contributed by atoms with Crippen LogP contribution in [0, 0.1) is 16.0 Å². The molecule has 2 aliphatic rings. The lowest BCUT2D eigenvalue weighted by Gasteiger charge is -2.24. The van der Waals surface area contributed by atoms with Gasteiger partial charge >= 0.3 is 0 Å². The predicted molar refractivity (Wildman–Crippen MR) is 98.7 cm³/mol. The first kappa shape index (κ1) is 18.3. The molecule has 1 aromatic carbocycles. The second kappa shape index (κ2) is 7.05. The lowest BCUT2D eigenvalue weighted by atomic mass is 9.90. The summed E-state index contributed by atoms with van der Waals surface area (Å²) in [5.41, 5.74) is 2.48. The minimum atomic E-state index is -0.373. The largest absolute Gasteiger partial charge is 0.315 e. The fourth-order valence-corrected chi connectivity index (χ4v) is 3.94. The highest BCUT2D eigenvalue weighted by molar-refractivity contribution is 5.98. The molecule has 0 bridgehead atoms. The van der Waals surface area contributed by atoms with E-state index in [1.807, 2.05) is 13.2 Å². The molecule has 9 heteroatoms. The van der Waals surface area contributed by atoms with Crippen LogP contribution in [0.3, 0.4) is 0 Å². The molecule has 4 rings (SSSR count). The topological polar surface area (TPSA) is 93.3 Å². The quantitative estimate of drug-likeness (QED) is 0.648. The van der Waals surface area contributed by atoms with Gasteiger partial charge in [0.1, 0.15) is 0 Å². The summed E-state index contributed by atoms with van der Waals surface area (Å²) >= 11 is 0. The highest BCUT2D eigenvalue weighted by Gasteiger charge is 2.40. The van der Waals surface area contributed by atoms with Gasteiger partial charge in [-0.3, -0.25) is 19.6 Å². The highest BCUT2D eigenvalue weighted by atomic mass is 35.5. The third-order valence-electron chi connectivity index (χ3n) is 5.15. The number of rotatable bonds is 3. The van der Waals surface area contributed by atoms with Crippen molar-refractivity contribution in [1.29, 1.82) is 0 Å². The number of nitrogens with zero attached hydrogens (tertiary/aromatic N) is 4. The number of nitro benzene ring substituents is 1. The molecule has 1 N–H and O–H groups in total. The molecule has 2 aromatic rings. The predicted octanol–water partition coefficient (Wildman–Crippen LogP) is 1.64. The van der Waals surface area contributed by atoms with Crippen molar-refractivity contribution in [1.82, 2.24) is 15.1 Å². The lowest BCUT2D eigenvalue weighted by molar-refractivity contribution is -0.385. The van der Waals surface area contributed by atoms with E-state index in [2.05, 4.69) is 10.4 Å². The number of carbonyl (C=O) groups is 1. The second-order valence-corrected chi connectivity index (χ2v) is 6.59. The van der Waals surface area contributed by atoms with Gasteiger partial charge in [-0.05, 0) is 18.1 Å². The van der Waals surface area contributed by atoms with Gasteiger partial charge in [0.05, 0.1) is 28.3 Å². The zero-order valence-electron chi connectivity index (χ0n) is 14.3. The number of hydrogen-bond donors (Lipinski definition) is 1. The Balaban J connectivity index is 0.00000196. The fraction of sp³-hybridized carbons (Fsp3) is 0.412. The molecular weight excluding hydrogens is 358 g/mol. The molecule has 2 atom stereocenters. The Morgan fingerprint density at radius 3 is 2.88 bits per heavy atom. The van der Waals surface area contributed by atoms with Crippen molar-refractivity contribution >= 4 is 29.7 Å². The Bertz CT molecular complexity index is 853. The maximum absolute atomic E-state index is 13.2. The number of nitrogens with one attached hydrogen (secondary N) is 1. The molecule has 1 fully saturated rings. The first-order valence-electron chi connectivity index (χ1n) is 8.33. The number of fused-ring (bicyclic) bond motifs is 1. The van der Waals surface area contributed by atoms with E-state index in [0.29, 0.717) is 30.8 Å². The number of aryl methyl sites for hydroxylation is 1. The second-order valence-electron chi connectivity index (χ2n) is 6.59. The number of benzene rings is 1. The molecule has 3 heterocycles. The Kier molecular flexibility index (Phi) is 4.97. The van der Waals surface area contributed by atoms with E-state index < -0.39 is 0 Å². The van der Waals surface area contributed by atoms with Gasteiger partial charge in [-0.2, -0.15) is 5.10 Å². The van der Waals surface area contributed by atoms with Crippen molar-refractivity contribution in [3.8, 4) is 0 Å². The van der Waals surface area contributed by atoms with Crippen LogP contribution in [-0.4, -0.2) is 40.2 Å². The number of amides is 1. The maximum Gasteiger partial charge on any atom is 0.274 e. The van der Waals surface area contributed by atoms with Crippen LogP contribution in [0.5, 0.6) is 0 Å². The third-order valence-corrected chi connectivity index (χ3v) is 5.15. The molecule has 1 amide bonds. The molecule has 0 saturated carbocycles. The third kappa shape index (κ3) is 2.95. The van der Waals surface area contributed by atoms with Gasteiger partial charge in [0, 0.05) is 44.9 Å². The molecule has 2 aliphatic heterocycles. The average molecular weight is 378 g/mol. The van der Waals surface area contributed by atoms with Gasteiger partial charge in [-0.25, -0.2) is 0 Å². The first-order valence-corrected chi connectivity index (χ1v) is 8.33. The van der Waals surface area contributed by atoms with Gasteiger partial charge in [-0.15, -0.1) is 12.4 Å². The van der Waals surface area contributed by atoms with Crippen molar-refractivity contribution in [3.63, 3.8) is 0 Å². The SMILES string of the molecule is Cl.Cn1cc([C@H]2CNC[C@@H]2C(=O)N2CCc3c2cccc3[N+](=O)[O-])cn1. The summed E-state index contributed by atoms with van der Waals surface area (Å²) in [6.07, 6.45) is 4.28. The van der Waals surface area contributed by atoms with Gasteiger partial charge in [0.15, 0.2) is 0 Å². The van der Waals surface area contributed by atoms with Gasteiger partial charge in [0.25, 0.3) is 5.69 Å². The fourth-order valence-electron chi connectivity index (χ4n) is 3.94. The normalized spacial score (nSPS) is 21.3. The standard InChI is InChI=1S/C17H19N5O3.ClH/c1-20-10-11(7-19-20)13-8-18-9-14(13)17(23)21-6-5-12-15(21)3-2-4-16(12)22(24)25;/h2-4,7,10,13-14,18H,5-6,8-9H2,1H3;1H/t13-,14+;/m1./s1. The Morgan fingerprint density at radius 2 is 2.19 bits per heavy atom. The van der Waals surface area contributed by atoms with E-state index in [9.17, 15) is 14.9 Å². The van der Waals surface area contributed by atoms with Crippen LogP contribution in [-0.2, 0) is 18.3 Å². The molecule has 0 spiro atoms. The Hall–Kier alpha value is -2.45. The molecule has 1 saturated heterocycles. The Morgan fingerprint density at radius 1 is 1.38 bits per heavy atom. The van der Waals surface area contributed by atoms with E-state index in [-0.39, 0.29) is 40.8 Å². The summed E-state index contributed by atoms with van der Waals surface area (Å²) in [5.74, 6) is -0.0866. The average Bonchev–Trinajstić information content (AvgIpc) is 3.32. The zero-order valence-corrected chi connectivity index (χ0v) is 15.1. The van der Waals surface area contributed by atoms with E-state index in [4.69, 9.17) is 0 Å². The highest BCUT2D eigenvalue weighted by Crippen LogP contribution is 2.38. The van der Waals surface area contributed by atoms with Crippen LogP contribution in [0.2, 0.25) is 0 Å². The molecule has 0 radical (unpaired) electrons. The minimum absolute atomic E-state index is 0. The smallest absolute Gasteiger partial charge is 0.274 e. The van der Waals surface area contributed by atoms with Gasteiger partial charge in [-0.1, -0.05) is 6.07 Å².